The maximum Gasteiger partial charge on any atom is -0.00258 e. The van der Waals surface area contributed by atoms with Gasteiger partial charge in [0.25, 0.3) is 0 Å². The monoisotopic (exact) mass is 318 g/mol. The van der Waals surface area contributed by atoms with Crippen LogP contribution in [0.1, 0.15) is 38.3 Å². The third-order valence-corrected chi connectivity index (χ3v) is 3.88. The topological polar surface area (TPSA) is 0 Å². The minimum atomic E-state index is 0.851. The van der Waals surface area contributed by atoms with Crippen LogP contribution in [-0.2, 0) is 12.8 Å². The third-order valence-electron chi connectivity index (χ3n) is 3.88. The van der Waals surface area contributed by atoms with Gasteiger partial charge in [0.2, 0.25) is 0 Å². The zero-order valence-corrected chi connectivity index (χ0v) is 15.4. The fourth-order valence-corrected chi connectivity index (χ4v) is 2.37. The van der Waals surface area contributed by atoms with Gasteiger partial charge in [-0.1, -0.05) is 92.5 Å². The lowest BCUT2D eigenvalue weighted by Gasteiger charge is -2.08. The first-order valence-electron chi connectivity index (χ1n) is 8.66. The Balaban J connectivity index is 2.60. The predicted octanol–water partition coefficient (Wildman–Crippen LogP) is 6.93. The first-order valence-corrected chi connectivity index (χ1v) is 8.66. The molecule has 0 fully saturated rings. The molecule has 24 heavy (non-hydrogen) atoms. The van der Waals surface area contributed by atoms with Crippen LogP contribution in [0.15, 0.2) is 96.7 Å². The van der Waals surface area contributed by atoms with E-state index >= 15 is 0 Å². The van der Waals surface area contributed by atoms with E-state index in [0.717, 1.165) is 30.4 Å². The van der Waals surface area contributed by atoms with Crippen molar-refractivity contribution in [2.24, 2.45) is 0 Å². The van der Waals surface area contributed by atoms with Crippen LogP contribution in [-0.4, -0.2) is 0 Å². The van der Waals surface area contributed by atoms with Crippen molar-refractivity contribution in [2.45, 2.75) is 40.0 Å². The number of benzene rings is 1. The molecule has 126 valence electrons. The highest BCUT2D eigenvalue weighted by Crippen LogP contribution is 2.17. The van der Waals surface area contributed by atoms with Crippen molar-refractivity contribution in [3.05, 3.63) is 108 Å². The molecule has 1 rings (SSSR count). The maximum atomic E-state index is 4.26. The number of allylic oxidation sites excluding steroid dienone is 10. The first kappa shape index (κ1) is 19.7. The molecule has 0 atom stereocenters. The van der Waals surface area contributed by atoms with Crippen LogP contribution in [0.4, 0.5) is 0 Å². The summed E-state index contributed by atoms with van der Waals surface area (Å²) in [6, 6.07) is 8.81. The molecule has 0 heterocycles. The van der Waals surface area contributed by atoms with Gasteiger partial charge in [0, 0.05) is 0 Å². The number of rotatable bonds is 9. The van der Waals surface area contributed by atoms with E-state index in [4.69, 9.17) is 0 Å². The zero-order chi connectivity index (χ0) is 17.8. The molecular weight excluding hydrogens is 288 g/mol. The molecule has 0 aliphatic rings. The van der Waals surface area contributed by atoms with Crippen molar-refractivity contribution >= 4 is 0 Å². The van der Waals surface area contributed by atoms with Gasteiger partial charge in [-0.2, -0.15) is 0 Å². The molecule has 0 amide bonds. The second-order valence-corrected chi connectivity index (χ2v) is 5.84. The Labute approximate surface area is 148 Å². The Bertz CT molecular complexity index is 646. The van der Waals surface area contributed by atoms with Gasteiger partial charge >= 0.3 is 0 Å². The highest BCUT2D eigenvalue weighted by atomic mass is 14.1. The molecule has 0 saturated heterocycles. The summed E-state index contributed by atoms with van der Waals surface area (Å²) < 4.78 is 0. The molecule has 0 heteroatoms. The van der Waals surface area contributed by atoms with Gasteiger partial charge in [0.05, 0.1) is 0 Å². The van der Waals surface area contributed by atoms with Crippen molar-refractivity contribution in [3.8, 4) is 0 Å². The van der Waals surface area contributed by atoms with Crippen LogP contribution in [0.5, 0.6) is 0 Å². The standard InChI is InChI=1S/C24H30/c1-6-9-10-12-20(4)13-11-14-24(8-3)21(5)19-23-17-15-22(7-2)16-18-23/h6,8-12,14-18H,4-5,7,13,19H2,1-3H3/b9-6-,12-10-,14-11-,24-8+. The molecule has 0 N–H and O–H groups in total. The zero-order valence-electron chi connectivity index (χ0n) is 15.4. The first-order chi connectivity index (χ1) is 11.6. The van der Waals surface area contributed by atoms with Crippen molar-refractivity contribution < 1.29 is 0 Å². The number of hydrogen-bond donors (Lipinski definition) is 0. The van der Waals surface area contributed by atoms with Crippen LogP contribution in [0.2, 0.25) is 0 Å². The third kappa shape index (κ3) is 7.28. The molecule has 0 spiro atoms. The second-order valence-electron chi connectivity index (χ2n) is 5.84. The smallest absolute Gasteiger partial charge is 0.00258 e. The van der Waals surface area contributed by atoms with Crippen molar-refractivity contribution in [3.63, 3.8) is 0 Å². The maximum absolute atomic E-state index is 4.26. The highest BCUT2D eigenvalue weighted by molar-refractivity contribution is 5.41. The molecule has 0 unspecified atom stereocenters. The fourth-order valence-electron chi connectivity index (χ4n) is 2.37. The van der Waals surface area contributed by atoms with E-state index in [1.165, 1.54) is 16.7 Å². The van der Waals surface area contributed by atoms with Crippen LogP contribution < -0.4 is 0 Å². The SMILES string of the molecule is C=C(/C=C\C=C/C)C/C=C\C(=C/C)C(=C)Cc1ccc(CC)cc1. The van der Waals surface area contributed by atoms with E-state index in [2.05, 4.69) is 69.5 Å². The van der Waals surface area contributed by atoms with Crippen LogP contribution in [0, 0.1) is 0 Å². The Kier molecular flexibility index (Phi) is 9.23. The molecular formula is C24H30. The van der Waals surface area contributed by atoms with Gasteiger partial charge in [0.1, 0.15) is 0 Å². The molecule has 0 radical (unpaired) electrons. The number of aryl methyl sites for hydroxylation is 1. The molecule has 0 aliphatic heterocycles. The van der Waals surface area contributed by atoms with Gasteiger partial charge in [-0.25, -0.2) is 0 Å². The summed E-state index contributed by atoms with van der Waals surface area (Å²) in [5.41, 5.74) is 6.12. The van der Waals surface area contributed by atoms with Gasteiger partial charge in [-0.3, -0.25) is 0 Å². The highest BCUT2D eigenvalue weighted by Gasteiger charge is 2.01. The minimum Gasteiger partial charge on any atom is -0.0955 e. The van der Waals surface area contributed by atoms with E-state index in [1.807, 2.05) is 31.2 Å². The molecule has 0 nitrogen and oxygen atoms in total. The molecule has 0 saturated carbocycles. The normalized spacial score (nSPS) is 12.5. The van der Waals surface area contributed by atoms with Crippen molar-refractivity contribution in [2.75, 3.05) is 0 Å². The quantitative estimate of drug-likeness (QED) is 0.433. The van der Waals surface area contributed by atoms with Gasteiger partial charge in [-0.05, 0) is 55.4 Å². The summed E-state index contributed by atoms with van der Waals surface area (Å²) in [6.07, 6.45) is 17.3. The minimum absolute atomic E-state index is 0.851. The Morgan fingerprint density at radius 2 is 1.62 bits per heavy atom. The Morgan fingerprint density at radius 3 is 2.21 bits per heavy atom. The van der Waals surface area contributed by atoms with E-state index in [1.54, 1.807) is 0 Å². The van der Waals surface area contributed by atoms with Gasteiger partial charge in [0.15, 0.2) is 0 Å². The van der Waals surface area contributed by atoms with E-state index in [0.29, 0.717) is 0 Å². The average molecular weight is 319 g/mol. The van der Waals surface area contributed by atoms with Gasteiger partial charge in [-0.15, -0.1) is 0 Å². The summed E-state index contributed by atoms with van der Waals surface area (Å²) >= 11 is 0. The molecule has 0 bridgehead atoms. The Morgan fingerprint density at radius 1 is 0.958 bits per heavy atom. The molecule has 1 aromatic rings. The Hall–Kier alpha value is -2.34. The molecule has 0 aromatic heterocycles. The largest absolute Gasteiger partial charge is 0.0955 e. The number of hydrogen-bond acceptors (Lipinski definition) is 0. The summed E-state index contributed by atoms with van der Waals surface area (Å²) in [6.45, 7) is 14.6. The van der Waals surface area contributed by atoms with Crippen molar-refractivity contribution in [1.29, 1.82) is 0 Å². The lowest BCUT2D eigenvalue weighted by molar-refractivity contribution is 1.11. The summed E-state index contributed by atoms with van der Waals surface area (Å²) in [4.78, 5) is 0. The fraction of sp³-hybridized carbons (Fsp3) is 0.250. The van der Waals surface area contributed by atoms with Crippen LogP contribution in [0.25, 0.3) is 0 Å². The second kappa shape index (κ2) is 11.2. The van der Waals surface area contributed by atoms with E-state index in [9.17, 15) is 0 Å². The predicted molar refractivity (Wildman–Crippen MR) is 109 cm³/mol. The lowest BCUT2D eigenvalue weighted by Crippen LogP contribution is -1.92. The van der Waals surface area contributed by atoms with Gasteiger partial charge < -0.3 is 0 Å². The summed E-state index contributed by atoms with van der Waals surface area (Å²) in [5.74, 6) is 0. The van der Waals surface area contributed by atoms with Crippen LogP contribution in [0.3, 0.4) is 0 Å². The average Bonchev–Trinajstić information content (AvgIpc) is 2.59. The molecule has 1 aromatic carbocycles. The van der Waals surface area contributed by atoms with E-state index < -0.39 is 0 Å². The van der Waals surface area contributed by atoms with Crippen LogP contribution >= 0.6 is 0 Å². The summed E-state index contributed by atoms with van der Waals surface area (Å²) in [5, 5.41) is 0. The lowest BCUT2D eigenvalue weighted by atomic mass is 9.97. The van der Waals surface area contributed by atoms with E-state index in [-0.39, 0.29) is 0 Å². The summed E-state index contributed by atoms with van der Waals surface area (Å²) in [7, 11) is 0. The van der Waals surface area contributed by atoms with Crippen molar-refractivity contribution in [1.82, 2.24) is 0 Å². The molecule has 0 aliphatic carbocycles.